The average Bonchev–Trinajstić information content (AvgIpc) is 2.15. The Morgan fingerprint density at radius 3 is 2.00 bits per heavy atom. The fourth-order valence-electron chi connectivity index (χ4n) is 1.15. The van der Waals surface area contributed by atoms with Crippen LogP contribution in [0.25, 0.3) is 4.85 Å². The molecule has 0 aliphatic carbocycles. The molecule has 1 atom stereocenters. The molecule has 0 saturated carbocycles. The molecule has 0 aliphatic rings. The summed E-state index contributed by atoms with van der Waals surface area (Å²) in [5.41, 5.74) is -0.761. The Balaban J connectivity index is 5.10. The maximum Gasteiger partial charge on any atom is 0.424 e. The van der Waals surface area contributed by atoms with Crippen molar-refractivity contribution in [2.45, 2.75) is 46.0 Å². The van der Waals surface area contributed by atoms with E-state index in [1.165, 1.54) is 0 Å². The van der Waals surface area contributed by atoms with Gasteiger partial charge < -0.3 is 13.8 Å². The molecule has 0 rings (SSSR count). The van der Waals surface area contributed by atoms with E-state index in [9.17, 15) is 9.36 Å². The van der Waals surface area contributed by atoms with Crippen molar-refractivity contribution < 1.29 is 23.1 Å². The summed E-state index contributed by atoms with van der Waals surface area (Å²) in [6, 6.07) is 0. The highest BCUT2D eigenvalue weighted by molar-refractivity contribution is 7.55. The number of carbonyl (C=O) groups is 1. The van der Waals surface area contributed by atoms with E-state index in [1.807, 2.05) is 0 Å². The van der Waals surface area contributed by atoms with Crippen molar-refractivity contribution >= 4 is 13.6 Å². The van der Waals surface area contributed by atoms with Crippen LogP contribution in [-0.4, -0.2) is 30.6 Å². The fraction of sp³-hybridized carbons (Fsp3) is 0.818. The van der Waals surface area contributed by atoms with Crippen molar-refractivity contribution in [2.24, 2.45) is 0 Å². The first-order valence-corrected chi connectivity index (χ1v) is 7.29. The summed E-state index contributed by atoms with van der Waals surface area (Å²) in [4.78, 5) is 14.9. The summed E-state index contributed by atoms with van der Waals surface area (Å²) in [5.74, 6) is -2.46. The van der Waals surface area contributed by atoms with Gasteiger partial charge >= 0.3 is 19.3 Å². The second kappa shape index (κ2) is 6.89. The van der Waals surface area contributed by atoms with Crippen LogP contribution in [0.2, 0.25) is 0 Å². The van der Waals surface area contributed by atoms with E-state index in [4.69, 9.17) is 20.4 Å². The Morgan fingerprint density at radius 2 is 1.72 bits per heavy atom. The first-order chi connectivity index (χ1) is 8.20. The van der Waals surface area contributed by atoms with Gasteiger partial charge in [0, 0.05) is 0 Å². The highest BCUT2D eigenvalue weighted by Gasteiger charge is 2.49. The van der Waals surface area contributed by atoms with Gasteiger partial charge in [0.15, 0.2) is 0 Å². The van der Waals surface area contributed by atoms with Gasteiger partial charge in [0.1, 0.15) is 5.60 Å². The van der Waals surface area contributed by atoms with E-state index in [-0.39, 0.29) is 13.2 Å². The highest BCUT2D eigenvalue weighted by atomic mass is 31.2. The standard InChI is InChI=1S/C11H20NO5P/c1-7-15-18(14,16-8-2)9(12-6)10(13)17-11(3,4)5/h9H,7-8H2,1-5H3. The second-order valence-electron chi connectivity index (χ2n) is 4.41. The van der Waals surface area contributed by atoms with Crippen molar-refractivity contribution in [3.63, 3.8) is 0 Å². The Kier molecular flexibility index (Phi) is 6.55. The number of carbonyl (C=O) groups excluding carboxylic acids is 1. The fourth-order valence-corrected chi connectivity index (χ4v) is 2.67. The number of esters is 1. The molecule has 0 N–H and O–H groups in total. The smallest absolute Gasteiger partial charge is 0.424 e. The van der Waals surface area contributed by atoms with Crippen molar-refractivity contribution in [3.05, 3.63) is 11.4 Å². The lowest BCUT2D eigenvalue weighted by molar-refractivity contribution is -0.153. The number of ether oxygens (including phenoxy) is 1. The molecule has 104 valence electrons. The SMILES string of the molecule is [C-]#[N+]C(C(=O)OC(C)(C)C)P(=O)(OCC)OCC. The minimum Gasteiger partial charge on any atom is -0.454 e. The van der Waals surface area contributed by atoms with Gasteiger partial charge in [-0.15, -0.1) is 0 Å². The summed E-state index contributed by atoms with van der Waals surface area (Å²) < 4.78 is 27.3. The van der Waals surface area contributed by atoms with Crippen LogP contribution in [0.15, 0.2) is 0 Å². The van der Waals surface area contributed by atoms with E-state index in [1.54, 1.807) is 34.6 Å². The lowest BCUT2D eigenvalue weighted by Gasteiger charge is -2.22. The van der Waals surface area contributed by atoms with Gasteiger partial charge in [-0.05, 0) is 34.6 Å². The second-order valence-corrected chi connectivity index (χ2v) is 6.50. The molecule has 18 heavy (non-hydrogen) atoms. The Hall–Kier alpha value is -0.890. The van der Waals surface area contributed by atoms with Gasteiger partial charge in [-0.1, -0.05) is 0 Å². The van der Waals surface area contributed by atoms with Crippen LogP contribution in [0.5, 0.6) is 0 Å². The molecule has 0 bridgehead atoms. The Labute approximate surface area is 108 Å². The summed E-state index contributed by atoms with van der Waals surface area (Å²) >= 11 is 0. The van der Waals surface area contributed by atoms with Crippen LogP contribution in [-0.2, 0) is 23.1 Å². The minimum atomic E-state index is -3.80. The van der Waals surface area contributed by atoms with Crippen LogP contribution < -0.4 is 0 Å². The third-order valence-electron chi connectivity index (χ3n) is 1.66. The molecule has 0 aliphatic heterocycles. The molecular formula is C11H20NO5P. The lowest BCUT2D eigenvalue weighted by Crippen LogP contribution is -2.31. The molecule has 7 heteroatoms. The topological polar surface area (TPSA) is 66.2 Å². The van der Waals surface area contributed by atoms with Crippen molar-refractivity contribution in [1.29, 1.82) is 0 Å². The van der Waals surface area contributed by atoms with Crippen molar-refractivity contribution in [2.75, 3.05) is 13.2 Å². The molecule has 6 nitrogen and oxygen atoms in total. The maximum absolute atomic E-state index is 12.3. The Morgan fingerprint density at radius 1 is 1.28 bits per heavy atom. The molecule has 0 heterocycles. The largest absolute Gasteiger partial charge is 0.454 e. The summed E-state index contributed by atoms with van der Waals surface area (Å²) in [7, 11) is -3.80. The van der Waals surface area contributed by atoms with Crippen molar-refractivity contribution in [1.82, 2.24) is 0 Å². The number of hydrogen-bond donors (Lipinski definition) is 0. The first kappa shape index (κ1) is 17.1. The number of nitrogens with zero attached hydrogens (tertiary/aromatic N) is 1. The monoisotopic (exact) mass is 277 g/mol. The average molecular weight is 277 g/mol. The van der Waals surface area contributed by atoms with Gasteiger partial charge in [-0.2, -0.15) is 0 Å². The van der Waals surface area contributed by atoms with E-state index >= 15 is 0 Å². The van der Waals surface area contributed by atoms with E-state index < -0.39 is 24.9 Å². The minimum absolute atomic E-state index is 0.0894. The van der Waals surface area contributed by atoms with Gasteiger partial charge in [-0.3, -0.25) is 9.41 Å². The Bertz CT molecular complexity index is 359. The zero-order chi connectivity index (χ0) is 14.4. The van der Waals surface area contributed by atoms with Crippen LogP contribution >= 0.6 is 7.60 Å². The zero-order valence-electron chi connectivity index (χ0n) is 11.4. The maximum atomic E-state index is 12.3. The number of rotatable bonds is 6. The number of hydrogen-bond acceptors (Lipinski definition) is 5. The summed E-state index contributed by atoms with van der Waals surface area (Å²) in [5, 5.41) is 0. The third-order valence-corrected chi connectivity index (χ3v) is 3.82. The molecule has 0 fully saturated rings. The van der Waals surface area contributed by atoms with Gasteiger partial charge in [-0.25, -0.2) is 11.4 Å². The quantitative estimate of drug-likeness (QED) is 0.424. The van der Waals surface area contributed by atoms with Crippen molar-refractivity contribution in [3.8, 4) is 0 Å². The predicted molar refractivity (Wildman–Crippen MR) is 67.1 cm³/mol. The lowest BCUT2D eigenvalue weighted by atomic mass is 10.2. The van der Waals surface area contributed by atoms with E-state index in [2.05, 4.69) is 4.85 Å². The van der Waals surface area contributed by atoms with Gasteiger partial charge in [0.2, 0.25) is 0 Å². The molecule has 0 radical (unpaired) electrons. The van der Waals surface area contributed by atoms with E-state index in [0.29, 0.717) is 0 Å². The van der Waals surface area contributed by atoms with Crippen LogP contribution in [0.3, 0.4) is 0 Å². The molecule has 0 aromatic rings. The summed E-state index contributed by atoms with van der Waals surface area (Å²) in [6.07, 6.45) is 0. The molecule has 1 unspecified atom stereocenters. The molecular weight excluding hydrogens is 257 g/mol. The molecule has 0 saturated heterocycles. The molecule has 0 aromatic carbocycles. The van der Waals surface area contributed by atoms with E-state index in [0.717, 1.165) is 0 Å². The molecule has 0 spiro atoms. The molecule has 0 aromatic heterocycles. The van der Waals surface area contributed by atoms with Crippen LogP contribution in [0.1, 0.15) is 34.6 Å². The first-order valence-electron chi connectivity index (χ1n) is 5.68. The predicted octanol–water partition coefficient (Wildman–Crippen LogP) is 2.84. The van der Waals surface area contributed by atoms with Crippen LogP contribution in [0, 0.1) is 6.57 Å². The van der Waals surface area contributed by atoms with Crippen LogP contribution in [0.4, 0.5) is 0 Å². The highest BCUT2D eigenvalue weighted by Crippen LogP contribution is 2.54. The normalized spacial score (nSPS) is 13.8. The summed E-state index contributed by atoms with van der Waals surface area (Å²) in [6.45, 7) is 15.4. The van der Waals surface area contributed by atoms with Gasteiger partial charge in [0.05, 0.1) is 13.2 Å². The molecule has 0 amide bonds. The zero-order valence-corrected chi connectivity index (χ0v) is 12.3. The third kappa shape index (κ3) is 5.18. The van der Waals surface area contributed by atoms with Gasteiger partial charge in [0.25, 0.3) is 0 Å².